The van der Waals surface area contributed by atoms with Crippen LogP contribution in [-0.2, 0) is 11.2 Å². The number of rotatable bonds is 4. The summed E-state index contributed by atoms with van der Waals surface area (Å²) < 4.78 is 5.29. The van der Waals surface area contributed by atoms with Crippen LogP contribution in [0.1, 0.15) is 43.1 Å². The quantitative estimate of drug-likeness (QED) is 0.596. The van der Waals surface area contributed by atoms with Crippen molar-refractivity contribution in [3.05, 3.63) is 47.0 Å². The van der Waals surface area contributed by atoms with E-state index in [2.05, 4.69) is 6.58 Å². The maximum atomic E-state index is 11.9. The van der Waals surface area contributed by atoms with Gasteiger partial charge in [-0.2, -0.15) is 0 Å². The number of allylic oxidation sites excluding steroid dienone is 1. The van der Waals surface area contributed by atoms with Crippen LogP contribution in [0, 0.1) is 0 Å². The normalized spacial score (nSPS) is 11.1. The van der Waals surface area contributed by atoms with Crippen molar-refractivity contribution in [1.29, 1.82) is 0 Å². The molecule has 1 aromatic rings. The monoisotopic (exact) mass is 266 g/mol. The molecule has 18 heavy (non-hydrogen) atoms. The van der Waals surface area contributed by atoms with Crippen molar-refractivity contribution in [2.45, 2.75) is 39.2 Å². The SMILES string of the molecule is C=CCCc1ccc(C(=O)OC(C)(C)C)c(Cl)c1. The first-order valence-corrected chi connectivity index (χ1v) is 6.34. The number of benzene rings is 1. The van der Waals surface area contributed by atoms with E-state index < -0.39 is 5.60 Å². The lowest BCUT2D eigenvalue weighted by Gasteiger charge is -2.20. The molecule has 0 N–H and O–H groups in total. The van der Waals surface area contributed by atoms with Crippen molar-refractivity contribution in [2.75, 3.05) is 0 Å². The maximum absolute atomic E-state index is 11.9. The second kappa shape index (κ2) is 6.05. The molecule has 0 unspecified atom stereocenters. The highest BCUT2D eigenvalue weighted by molar-refractivity contribution is 6.33. The van der Waals surface area contributed by atoms with E-state index in [4.69, 9.17) is 16.3 Å². The largest absolute Gasteiger partial charge is 0.456 e. The van der Waals surface area contributed by atoms with Gasteiger partial charge >= 0.3 is 5.97 Å². The van der Waals surface area contributed by atoms with E-state index in [1.54, 1.807) is 6.07 Å². The van der Waals surface area contributed by atoms with Crippen LogP contribution in [0.15, 0.2) is 30.9 Å². The molecule has 0 saturated heterocycles. The molecule has 0 spiro atoms. The number of ether oxygens (including phenoxy) is 1. The second-order valence-electron chi connectivity index (χ2n) is 5.14. The van der Waals surface area contributed by atoms with Crippen LogP contribution in [0.2, 0.25) is 5.02 Å². The number of carbonyl (C=O) groups is 1. The third kappa shape index (κ3) is 4.53. The van der Waals surface area contributed by atoms with Crippen molar-refractivity contribution in [3.8, 4) is 0 Å². The number of aryl methyl sites for hydroxylation is 1. The van der Waals surface area contributed by atoms with Gasteiger partial charge in [-0.05, 0) is 51.3 Å². The van der Waals surface area contributed by atoms with E-state index in [9.17, 15) is 4.79 Å². The lowest BCUT2D eigenvalue weighted by atomic mass is 10.1. The molecule has 0 bridgehead atoms. The Hall–Kier alpha value is -1.28. The standard InChI is InChI=1S/C15H19ClO2/c1-5-6-7-11-8-9-12(13(16)10-11)14(17)18-15(2,3)4/h5,8-10H,1,6-7H2,2-4H3. The average molecular weight is 267 g/mol. The van der Waals surface area contributed by atoms with Crippen molar-refractivity contribution < 1.29 is 9.53 Å². The minimum absolute atomic E-state index is 0.386. The summed E-state index contributed by atoms with van der Waals surface area (Å²) in [5, 5.41) is 0.436. The number of carbonyl (C=O) groups excluding carboxylic acids is 1. The molecular weight excluding hydrogens is 248 g/mol. The van der Waals surface area contributed by atoms with Gasteiger partial charge in [0, 0.05) is 0 Å². The first kappa shape index (κ1) is 14.8. The Morgan fingerprint density at radius 2 is 2.11 bits per heavy atom. The van der Waals surface area contributed by atoms with E-state index in [1.165, 1.54) is 0 Å². The van der Waals surface area contributed by atoms with Gasteiger partial charge in [0.25, 0.3) is 0 Å². The predicted octanol–water partition coefficient (Wildman–Crippen LogP) is 4.41. The molecule has 0 atom stereocenters. The summed E-state index contributed by atoms with van der Waals surface area (Å²) >= 11 is 6.11. The molecular formula is C15H19ClO2. The number of esters is 1. The maximum Gasteiger partial charge on any atom is 0.340 e. The number of hydrogen-bond acceptors (Lipinski definition) is 2. The molecule has 0 aromatic heterocycles. The lowest BCUT2D eigenvalue weighted by Crippen LogP contribution is -2.24. The zero-order valence-electron chi connectivity index (χ0n) is 11.1. The zero-order valence-corrected chi connectivity index (χ0v) is 11.9. The summed E-state index contributed by atoms with van der Waals surface area (Å²) in [5.74, 6) is -0.386. The fraction of sp³-hybridized carbons (Fsp3) is 0.400. The first-order valence-electron chi connectivity index (χ1n) is 5.96. The van der Waals surface area contributed by atoms with Gasteiger partial charge in [-0.3, -0.25) is 0 Å². The Labute approximate surface area is 114 Å². The highest BCUT2D eigenvalue weighted by Crippen LogP contribution is 2.22. The molecule has 3 heteroatoms. The highest BCUT2D eigenvalue weighted by Gasteiger charge is 2.19. The molecule has 0 amide bonds. The van der Waals surface area contributed by atoms with Crippen molar-refractivity contribution in [2.24, 2.45) is 0 Å². The minimum atomic E-state index is -0.512. The lowest BCUT2D eigenvalue weighted by molar-refractivity contribution is 0.00698. The van der Waals surface area contributed by atoms with Gasteiger partial charge in [-0.15, -0.1) is 6.58 Å². The van der Waals surface area contributed by atoms with E-state index in [0.717, 1.165) is 18.4 Å². The Morgan fingerprint density at radius 1 is 1.44 bits per heavy atom. The van der Waals surface area contributed by atoms with Crippen LogP contribution >= 0.6 is 11.6 Å². The fourth-order valence-electron chi connectivity index (χ4n) is 1.48. The molecule has 0 saturated carbocycles. The van der Waals surface area contributed by atoms with Crippen molar-refractivity contribution in [3.63, 3.8) is 0 Å². The van der Waals surface area contributed by atoms with Gasteiger partial charge in [-0.25, -0.2) is 4.79 Å². The first-order chi connectivity index (χ1) is 8.33. The summed E-state index contributed by atoms with van der Waals surface area (Å²) in [5.41, 5.74) is 0.989. The van der Waals surface area contributed by atoms with Gasteiger partial charge in [0.05, 0.1) is 10.6 Å². The smallest absolute Gasteiger partial charge is 0.340 e. The summed E-state index contributed by atoms with van der Waals surface area (Å²) in [6, 6.07) is 5.42. The summed E-state index contributed by atoms with van der Waals surface area (Å²) in [6.07, 6.45) is 3.62. The molecule has 0 aliphatic heterocycles. The number of hydrogen-bond donors (Lipinski definition) is 0. The third-order valence-corrected chi connectivity index (χ3v) is 2.60. The van der Waals surface area contributed by atoms with Crippen LogP contribution in [0.3, 0.4) is 0 Å². The van der Waals surface area contributed by atoms with Crippen molar-refractivity contribution >= 4 is 17.6 Å². The minimum Gasteiger partial charge on any atom is -0.456 e. The van der Waals surface area contributed by atoms with Gasteiger partial charge in [-0.1, -0.05) is 23.7 Å². The molecule has 2 nitrogen and oxygen atoms in total. The Kier molecular flexibility index (Phi) is 4.97. The Bertz CT molecular complexity index is 444. The Morgan fingerprint density at radius 3 is 2.61 bits per heavy atom. The van der Waals surface area contributed by atoms with E-state index in [1.807, 2.05) is 39.0 Å². The van der Waals surface area contributed by atoms with Gasteiger partial charge in [0.1, 0.15) is 5.60 Å². The van der Waals surface area contributed by atoms with Crippen LogP contribution < -0.4 is 0 Å². The molecule has 0 heterocycles. The zero-order chi connectivity index (χ0) is 13.8. The summed E-state index contributed by atoms with van der Waals surface area (Å²) in [7, 11) is 0. The second-order valence-corrected chi connectivity index (χ2v) is 5.55. The predicted molar refractivity (Wildman–Crippen MR) is 75.1 cm³/mol. The van der Waals surface area contributed by atoms with E-state index >= 15 is 0 Å². The number of halogens is 1. The molecule has 98 valence electrons. The summed E-state index contributed by atoms with van der Waals surface area (Å²) in [4.78, 5) is 11.9. The topological polar surface area (TPSA) is 26.3 Å². The van der Waals surface area contributed by atoms with Crippen LogP contribution in [0.25, 0.3) is 0 Å². The third-order valence-electron chi connectivity index (χ3n) is 2.29. The molecule has 0 radical (unpaired) electrons. The fourth-order valence-corrected chi connectivity index (χ4v) is 1.76. The molecule has 0 aliphatic rings. The summed E-state index contributed by atoms with van der Waals surface area (Å²) in [6.45, 7) is 9.17. The highest BCUT2D eigenvalue weighted by atomic mass is 35.5. The molecule has 0 aliphatic carbocycles. The van der Waals surface area contributed by atoms with Crippen molar-refractivity contribution in [1.82, 2.24) is 0 Å². The van der Waals surface area contributed by atoms with Gasteiger partial charge in [0.2, 0.25) is 0 Å². The molecule has 0 fully saturated rings. The van der Waals surface area contributed by atoms with Gasteiger partial charge < -0.3 is 4.74 Å². The van der Waals surface area contributed by atoms with Crippen LogP contribution in [-0.4, -0.2) is 11.6 Å². The van der Waals surface area contributed by atoms with E-state index in [-0.39, 0.29) is 5.97 Å². The Balaban J connectivity index is 2.85. The average Bonchev–Trinajstić information content (AvgIpc) is 2.23. The van der Waals surface area contributed by atoms with Crippen LogP contribution in [0.5, 0.6) is 0 Å². The van der Waals surface area contributed by atoms with E-state index in [0.29, 0.717) is 10.6 Å². The van der Waals surface area contributed by atoms with Crippen LogP contribution in [0.4, 0.5) is 0 Å². The van der Waals surface area contributed by atoms with Gasteiger partial charge in [0.15, 0.2) is 0 Å². The molecule has 1 aromatic carbocycles. The molecule has 1 rings (SSSR count).